The van der Waals surface area contributed by atoms with Crippen molar-refractivity contribution < 1.29 is 28.3 Å². The van der Waals surface area contributed by atoms with Crippen LogP contribution in [0.1, 0.15) is 47.2 Å². The number of nitrogens with zero attached hydrogens (tertiary/aromatic N) is 4. The van der Waals surface area contributed by atoms with Gasteiger partial charge in [0, 0.05) is 82.9 Å². The highest BCUT2D eigenvalue weighted by atomic mass is 19.1. The number of carbonyl (C=O) groups is 4. The maximum atomic E-state index is 15.9. The smallest absolute Gasteiger partial charge is 0.410 e. The number of hydrogen-bond donors (Lipinski definition) is 1. The predicted molar refractivity (Wildman–Crippen MR) is 152 cm³/mol. The molecule has 3 saturated heterocycles. The van der Waals surface area contributed by atoms with Crippen molar-refractivity contribution in [2.45, 2.75) is 50.5 Å². The highest BCUT2D eigenvalue weighted by Crippen LogP contribution is 2.34. The van der Waals surface area contributed by atoms with Gasteiger partial charge in [-0.3, -0.25) is 24.6 Å². The predicted octanol–water partition coefficient (Wildman–Crippen LogP) is 2.71. The normalized spacial score (nSPS) is 22.6. The molecule has 0 aliphatic carbocycles. The molecule has 0 bridgehead atoms. The van der Waals surface area contributed by atoms with E-state index in [2.05, 4.69) is 15.1 Å². The number of alkyl halides is 1. The molecular weight excluding hydrogens is 541 g/mol. The third-order valence-electron chi connectivity index (χ3n) is 8.87. The van der Waals surface area contributed by atoms with E-state index >= 15 is 4.39 Å². The Morgan fingerprint density at radius 3 is 2.43 bits per heavy atom. The number of piperidine rings is 2. The molecule has 42 heavy (non-hydrogen) atoms. The number of fused-ring (bicyclic) bond motifs is 1. The van der Waals surface area contributed by atoms with Gasteiger partial charge in [0.1, 0.15) is 18.3 Å². The largest absolute Gasteiger partial charge is 0.445 e. The van der Waals surface area contributed by atoms with Gasteiger partial charge in [-0.25, -0.2) is 9.18 Å². The Balaban J connectivity index is 0.976. The molecule has 4 amide bonds. The van der Waals surface area contributed by atoms with Crippen LogP contribution in [0.15, 0.2) is 48.5 Å². The first kappa shape index (κ1) is 28.1. The fourth-order valence-corrected chi connectivity index (χ4v) is 6.38. The van der Waals surface area contributed by atoms with Crippen molar-refractivity contribution in [3.05, 3.63) is 65.2 Å². The second-order valence-electron chi connectivity index (χ2n) is 11.7. The SMILES string of the molecule is O=C1CCC(N2Cc3cc(N4CCC(F)(CN5CCN(C(=O)OCc6ccccc6)CC5)CC4)ccc3C2=O)C(=O)N1. The highest BCUT2D eigenvalue weighted by Gasteiger charge is 2.40. The van der Waals surface area contributed by atoms with Crippen LogP contribution < -0.4 is 10.2 Å². The van der Waals surface area contributed by atoms with E-state index in [4.69, 9.17) is 4.74 Å². The Hall–Kier alpha value is -3.99. The lowest BCUT2D eigenvalue weighted by Gasteiger charge is -2.42. The summed E-state index contributed by atoms with van der Waals surface area (Å²) >= 11 is 0. The van der Waals surface area contributed by atoms with E-state index in [1.807, 2.05) is 42.5 Å². The fraction of sp³-hybridized carbons (Fsp3) is 0.484. The summed E-state index contributed by atoms with van der Waals surface area (Å²) in [6, 6.07) is 14.6. The van der Waals surface area contributed by atoms with Crippen LogP contribution >= 0.6 is 0 Å². The number of halogens is 1. The van der Waals surface area contributed by atoms with E-state index in [9.17, 15) is 19.2 Å². The van der Waals surface area contributed by atoms with E-state index in [-0.39, 0.29) is 30.9 Å². The summed E-state index contributed by atoms with van der Waals surface area (Å²) < 4.78 is 21.4. The number of nitrogens with one attached hydrogen (secondary N) is 1. The molecule has 0 radical (unpaired) electrons. The average Bonchev–Trinajstić information content (AvgIpc) is 3.32. The summed E-state index contributed by atoms with van der Waals surface area (Å²) in [5.74, 6) is -0.928. The van der Waals surface area contributed by atoms with Gasteiger partial charge in [-0.2, -0.15) is 0 Å². The molecule has 1 N–H and O–H groups in total. The highest BCUT2D eigenvalue weighted by molar-refractivity contribution is 6.05. The molecule has 4 aliphatic rings. The molecule has 1 unspecified atom stereocenters. The molecule has 2 aromatic carbocycles. The molecule has 4 heterocycles. The lowest BCUT2D eigenvalue weighted by atomic mass is 9.92. The van der Waals surface area contributed by atoms with Crippen molar-refractivity contribution in [3.8, 4) is 0 Å². The van der Waals surface area contributed by atoms with Crippen LogP contribution in [-0.2, 0) is 27.5 Å². The van der Waals surface area contributed by atoms with Gasteiger partial charge in [0.25, 0.3) is 5.91 Å². The standard InChI is InChI=1S/C31H36FN5O5/c32-31(21-34-14-16-36(17-15-34)30(41)42-20-22-4-2-1-3-5-22)10-12-35(13-11-31)24-6-7-25-23(18-24)19-37(29(25)40)26-8-9-27(38)33-28(26)39/h1-7,18,26H,8-17,19-21H2,(H,33,38,39). The van der Waals surface area contributed by atoms with Gasteiger partial charge in [-0.05, 0) is 35.7 Å². The molecule has 10 nitrogen and oxygen atoms in total. The van der Waals surface area contributed by atoms with Crippen molar-refractivity contribution in [1.29, 1.82) is 0 Å². The van der Waals surface area contributed by atoms with Gasteiger partial charge in [0.15, 0.2) is 0 Å². The van der Waals surface area contributed by atoms with Crippen LogP contribution in [0.25, 0.3) is 0 Å². The second kappa shape index (κ2) is 11.7. The lowest BCUT2D eigenvalue weighted by Crippen LogP contribution is -2.54. The Labute approximate surface area is 244 Å². The van der Waals surface area contributed by atoms with Crippen molar-refractivity contribution in [3.63, 3.8) is 0 Å². The van der Waals surface area contributed by atoms with E-state index in [1.54, 1.807) is 15.9 Å². The molecule has 0 saturated carbocycles. The summed E-state index contributed by atoms with van der Waals surface area (Å²) in [5, 5.41) is 2.33. The zero-order valence-corrected chi connectivity index (χ0v) is 23.6. The third kappa shape index (κ3) is 5.97. The number of hydrogen-bond acceptors (Lipinski definition) is 7. The monoisotopic (exact) mass is 577 g/mol. The summed E-state index contributed by atoms with van der Waals surface area (Å²) in [6.45, 7) is 4.27. The molecule has 2 aromatic rings. The van der Waals surface area contributed by atoms with Crippen molar-refractivity contribution in [2.75, 3.05) is 50.7 Å². The summed E-state index contributed by atoms with van der Waals surface area (Å²) in [7, 11) is 0. The number of imide groups is 1. The Morgan fingerprint density at radius 1 is 0.976 bits per heavy atom. The Kier molecular flexibility index (Phi) is 7.85. The van der Waals surface area contributed by atoms with Crippen molar-refractivity contribution >= 4 is 29.5 Å². The van der Waals surface area contributed by atoms with Gasteiger partial charge >= 0.3 is 6.09 Å². The number of piperazine rings is 1. The first-order valence-electron chi connectivity index (χ1n) is 14.7. The Morgan fingerprint density at radius 2 is 1.71 bits per heavy atom. The van der Waals surface area contributed by atoms with Gasteiger partial charge in [0.2, 0.25) is 11.8 Å². The number of benzene rings is 2. The minimum absolute atomic E-state index is 0.197. The Bertz CT molecular complexity index is 1350. The van der Waals surface area contributed by atoms with Crippen molar-refractivity contribution in [2.24, 2.45) is 0 Å². The average molecular weight is 578 g/mol. The summed E-state index contributed by atoms with van der Waals surface area (Å²) in [6.07, 6.45) is 1.00. The van der Waals surface area contributed by atoms with Crippen LogP contribution in [-0.4, -0.2) is 96.0 Å². The molecule has 0 aromatic heterocycles. The van der Waals surface area contributed by atoms with E-state index in [1.165, 1.54) is 0 Å². The fourth-order valence-electron chi connectivity index (χ4n) is 6.38. The van der Waals surface area contributed by atoms with Gasteiger partial charge < -0.3 is 19.4 Å². The van der Waals surface area contributed by atoms with Crippen molar-refractivity contribution in [1.82, 2.24) is 20.0 Å². The first-order valence-corrected chi connectivity index (χ1v) is 14.7. The number of amides is 4. The molecule has 0 spiro atoms. The van der Waals surface area contributed by atoms with E-state index < -0.39 is 17.6 Å². The number of rotatable bonds is 6. The van der Waals surface area contributed by atoms with Gasteiger partial charge in [-0.15, -0.1) is 0 Å². The zero-order valence-electron chi connectivity index (χ0n) is 23.6. The van der Waals surface area contributed by atoms with Crippen LogP contribution in [0.5, 0.6) is 0 Å². The number of anilines is 1. The van der Waals surface area contributed by atoms with Gasteiger partial charge in [0.05, 0.1) is 0 Å². The quantitative estimate of drug-likeness (QED) is 0.527. The molecule has 3 fully saturated rings. The summed E-state index contributed by atoms with van der Waals surface area (Å²) in [5.41, 5.74) is 2.00. The molecule has 4 aliphatic heterocycles. The third-order valence-corrected chi connectivity index (χ3v) is 8.87. The van der Waals surface area contributed by atoms with Crippen LogP contribution in [0, 0.1) is 0 Å². The molecule has 222 valence electrons. The number of carbonyl (C=O) groups excluding carboxylic acids is 4. The minimum atomic E-state index is -1.30. The topological polar surface area (TPSA) is 102 Å². The molecular formula is C31H36FN5O5. The molecule has 11 heteroatoms. The van der Waals surface area contributed by atoms with Gasteiger partial charge in [-0.1, -0.05) is 30.3 Å². The lowest BCUT2D eigenvalue weighted by molar-refractivity contribution is -0.136. The zero-order chi connectivity index (χ0) is 29.3. The maximum Gasteiger partial charge on any atom is 0.410 e. The summed E-state index contributed by atoms with van der Waals surface area (Å²) in [4.78, 5) is 56.8. The second-order valence-corrected chi connectivity index (χ2v) is 11.7. The first-order chi connectivity index (χ1) is 20.3. The molecule has 1 atom stereocenters. The van der Waals surface area contributed by atoms with Crippen LogP contribution in [0.3, 0.4) is 0 Å². The van der Waals surface area contributed by atoms with E-state index in [0.29, 0.717) is 77.2 Å². The maximum absolute atomic E-state index is 15.9. The minimum Gasteiger partial charge on any atom is -0.445 e. The van der Waals surface area contributed by atoms with Crippen LogP contribution in [0.2, 0.25) is 0 Å². The molecule has 6 rings (SSSR count). The van der Waals surface area contributed by atoms with Crippen LogP contribution in [0.4, 0.5) is 14.9 Å². The number of ether oxygens (including phenoxy) is 1. The van der Waals surface area contributed by atoms with E-state index in [0.717, 1.165) is 16.8 Å².